The van der Waals surface area contributed by atoms with Crippen LogP contribution in [0, 0.1) is 5.92 Å². The maximum Gasteiger partial charge on any atom is 0.136 e. The molecule has 0 radical (unpaired) electrons. The zero-order valence-electron chi connectivity index (χ0n) is 12.1. The van der Waals surface area contributed by atoms with Crippen LogP contribution in [0.4, 0.5) is 0 Å². The zero-order chi connectivity index (χ0) is 14.5. The van der Waals surface area contributed by atoms with Gasteiger partial charge in [0, 0.05) is 17.9 Å². The third-order valence-electron chi connectivity index (χ3n) is 4.13. The Bertz CT molecular complexity index is 604. The Morgan fingerprint density at radius 3 is 2.52 bits per heavy atom. The summed E-state index contributed by atoms with van der Waals surface area (Å²) in [5.74, 6) is 1.53. The second kappa shape index (κ2) is 6.57. The Hall–Kier alpha value is -2.09. The van der Waals surface area contributed by atoms with Crippen LogP contribution < -0.4 is 4.74 Å². The third kappa shape index (κ3) is 3.33. The Kier molecular flexibility index (Phi) is 4.34. The van der Waals surface area contributed by atoms with Gasteiger partial charge in [-0.3, -0.25) is 4.79 Å². The van der Waals surface area contributed by atoms with Gasteiger partial charge < -0.3 is 4.74 Å². The Balaban J connectivity index is 1.67. The van der Waals surface area contributed by atoms with Crippen LogP contribution in [-0.4, -0.2) is 12.4 Å². The number of hydrogen-bond acceptors (Lipinski definition) is 2. The fourth-order valence-electron chi connectivity index (χ4n) is 2.95. The molecule has 0 saturated heterocycles. The molecule has 0 aliphatic heterocycles. The van der Waals surface area contributed by atoms with Gasteiger partial charge in [-0.1, -0.05) is 48.5 Å². The average Bonchev–Trinajstić information content (AvgIpc) is 2.94. The lowest BCUT2D eigenvalue weighted by Crippen LogP contribution is -2.11. The van der Waals surface area contributed by atoms with Crippen molar-refractivity contribution in [1.82, 2.24) is 0 Å². The molecule has 1 fully saturated rings. The number of ketones is 1. The van der Waals surface area contributed by atoms with Crippen molar-refractivity contribution in [3.63, 3.8) is 0 Å². The van der Waals surface area contributed by atoms with Crippen LogP contribution in [0.15, 0.2) is 54.6 Å². The highest BCUT2D eigenvalue weighted by molar-refractivity contribution is 5.82. The summed E-state index contributed by atoms with van der Waals surface area (Å²) in [7, 11) is 0. The highest BCUT2D eigenvalue weighted by Crippen LogP contribution is 2.30. The fraction of sp³-hybridized carbons (Fsp3) is 0.316. The maximum atomic E-state index is 11.6. The molecule has 2 aromatic rings. The van der Waals surface area contributed by atoms with Gasteiger partial charge in [0.2, 0.25) is 0 Å². The van der Waals surface area contributed by atoms with E-state index in [9.17, 15) is 4.79 Å². The average molecular weight is 280 g/mol. The lowest BCUT2D eigenvalue weighted by atomic mass is 10.0. The van der Waals surface area contributed by atoms with Crippen LogP contribution in [0.5, 0.6) is 5.75 Å². The molecule has 1 atom stereocenters. The summed E-state index contributed by atoms with van der Waals surface area (Å²) in [5.41, 5.74) is 2.26. The summed E-state index contributed by atoms with van der Waals surface area (Å²) in [4.78, 5) is 11.6. The summed E-state index contributed by atoms with van der Waals surface area (Å²) in [6.45, 7) is 0.611. The summed E-state index contributed by atoms with van der Waals surface area (Å²) in [6, 6.07) is 18.3. The molecular formula is C19H20O2. The number of carbonyl (C=O) groups is 1. The van der Waals surface area contributed by atoms with Crippen molar-refractivity contribution in [3.05, 3.63) is 54.6 Å². The molecule has 0 aromatic heterocycles. The van der Waals surface area contributed by atoms with Crippen molar-refractivity contribution in [3.8, 4) is 16.9 Å². The maximum absolute atomic E-state index is 11.6. The summed E-state index contributed by atoms with van der Waals surface area (Å²) in [6.07, 6.45) is 3.67. The van der Waals surface area contributed by atoms with Crippen molar-refractivity contribution >= 4 is 5.78 Å². The van der Waals surface area contributed by atoms with E-state index in [0.717, 1.165) is 42.6 Å². The van der Waals surface area contributed by atoms with Crippen molar-refractivity contribution in [2.24, 2.45) is 5.92 Å². The number of hydrogen-bond donors (Lipinski definition) is 0. The highest BCUT2D eigenvalue weighted by atomic mass is 16.5. The first-order valence-electron chi connectivity index (χ1n) is 7.64. The lowest BCUT2D eigenvalue weighted by Gasteiger charge is -2.13. The van der Waals surface area contributed by atoms with Crippen LogP contribution in [0.1, 0.15) is 25.7 Å². The van der Waals surface area contributed by atoms with E-state index in [2.05, 4.69) is 18.2 Å². The molecule has 1 unspecified atom stereocenters. The quantitative estimate of drug-likeness (QED) is 0.806. The minimum atomic E-state index is 0.217. The molecule has 1 saturated carbocycles. The number of para-hydroxylation sites is 1. The van der Waals surface area contributed by atoms with E-state index in [1.54, 1.807) is 0 Å². The molecule has 2 aromatic carbocycles. The minimum absolute atomic E-state index is 0.217. The number of Topliss-reactive ketones (excluding diaryl/α,β-unsaturated/α-hetero) is 1. The summed E-state index contributed by atoms with van der Waals surface area (Å²) >= 11 is 0. The van der Waals surface area contributed by atoms with E-state index in [4.69, 9.17) is 4.74 Å². The Morgan fingerprint density at radius 1 is 1.00 bits per heavy atom. The van der Waals surface area contributed by atoms with E-state index in [1.807, 2.05) is 36.4 Å². The normalized spacial score (nSPS) is 17.9. The molecule has 0 amide bonds. The van der Waals surface area contributed by atoms with Gasteiger partial charge in [-0.2, -0.15) is 0 Å². The first-order chi connectivity index (χ1) is 10.3. The molecule has 2 nitrogen and oxygen atoms in total. The number of ether oxygens (including phenoxy) is 1. The van der Waals surface area contributed by atoms with Crippen molar-refractivity contribution in [1.29, 1.82) is 0 Å². The second-order valence-corrected chi connectivity index (χ2v) is 5.55. The van der Waals surface area contributed by atoms with E-state index < -0.39 is 0 Å². The zero-order valence-corrected chi connectivity index (χ0v) is 12.1. The minimum Gasteiger partial charge on any atom is -0.493 e. The highest BCUT2D eigenvalue weighted by Gasteiger charge is 2.23. The summed E-state index contributed by atoms with van der Waals surface area (Å²) < 4.78 is 5.95. The van der Waals surface area contributed by atoms with E-state index >= 15 is 0 Å². The van der Waals surface area contributed by atoms with Crippen LogP contribution in [0.3, 0.4) is 0 Å². The molecule has 0 spiro atoms. The first-order valence-corrected chi connectivity index (χ1v) is 7.64. The smallest absolute Gasteiger partial charge is 0.136 e. The lowest BCUT2D eigenvalue weighted by molar-refractivity contribution is -0.121. The molecule has 0 heterocycles. The van der Waals surface area contributed by atoms with Gasteiger partial charge in [0.05, 0.1) is 6.61 Å². The predicted octanol–water partition coefficient (Wildman–Crippen LogP) is 4.49. The van der Waals surface area contributed by atoms with Gasteiger partial charge in [-0.15, -0.1) is 0 Å². The van der Waals surface area contributed by atoms with Crippen LogP contribution in [-0.2, 0) is 4.79 Å². The van der Waals surface area contributed by atoms with Gasteiger partial charge in [0.25, 0.3) is 0 Å². The topological polar surface area (TPSA) is 26.3 Å². The number of carbonyl (C=O) groups excluding carboxylic acids is 1. The molecule has 108 valence electrons. The molecule has 21 heavy (non-hydrogen) atoms. The summed E-state index contributed by atoms with van der Waals surface area (Å²) in [5, 5.41) is 0. The van der Waals surface area contributed by atoms with E-state index in [0.29, 0.717) is 12.4 Å². The van der Waals surface area contributed by atoms with E-state index in [1.165, 1.54) is 0 Å². The Morgan fingerprint density at radius 2 is 1.76 bits per heavy atom. The monoisotopic (exact) mass is 280 g/mol. The standard InChI is InChI=1S/C19H20O2/c20-18-11-6-9-16(18)13-14-21-19-12-5-4-10-17(19)15-7-2-1-3-8-15/h1-5,7-8,10,12,16H,6,9,11,13-14H2. The molecule has 2 heteroatoms. The molecular weight excluding hydrogens is 260 g/mol. The SMILES string of the molecule is O=C1CCCC1CCOc1ccccc1-c1ccccc1. The largest absolute Gasteiger partial charge is 0.493 e. The fourth-order valence-corrected chi connectivity index (χ4v) is 2.95. The van der Waals surface area contributed by atoms with Gasteiger partial charge in [0.1, 0.15) is 11.5 Å². The van der Waals surface area contributed by atoms with Crippen LogP contribution in [0.2, 0.25) is 0 Å². The van der Waals surface area contributed by atoms with Gasteiger partial charge >= 0.3 is 0 Å². The van der Waals surface area contributed by atoms with Crippen molar-refractivity contribution < 1.29 is 9.53 Å². The van der Waals surface area contributed by atoms with Crippen molar-refractivity contribution in [2.75, 3.05) is 6.61 Å². The number of rotatable bonds is 5. The van der Waals surface area contributed by atoms with Crippen LogP contribution in [0.25, 0.3) is 11.1 Å². The molecule has 0 bridgehead atoms. The number of benzene rings is 2. The van der Waals surface area contributed by atoms with Crippen LogP contribution >= 0.6 is 0 Å². The molecule has 1 aliphatic carbocycles. The molecule has 1 aliphatic rings. The third-order valence-corrected chi connectivity index (χ3v) is 4.13. The van der Waals surface area contributed by atoms with Gasteiger partial charge in [-0.25, -0.2) is 0 Å². The molecule has 0 N–H and O–H groups in total. The first kappa shape index (κ1) is 13.9. The van der Waals surface area contributed by atoms with Crippen molar-refractivity contribution in [2.45, 2.75) is 25.7 Å². The van der Waals surface area contributed by atoms with E-state index in [-0.39, 0.29) is 5.92 Å². The van der Waals surface area contributed by atoms with Gasteiger partial charge in [0.15, 0.2) is 0 Å². The molecule has 3 rings (SSSR count). The Labute approximate surface area is 125 Å². The predicted molar refractivity (Wildman–Crippen MR) is 84.3 cm³/mol. The van der Waals surface area contributed by atoms with Gasteiger partial charge in [-0.05, 0) is 30.9 Å². The second-order valence-electron chi connectivity index (χ2n) is 5.55.